The summed E-state index contributed by atoms with van der Waals surface area (Å²) in [5.41, 5.74) is 18.8. The number of benzene rings is 4. The third-order valence-electron chi connectivity index (χ3n) is 13.4. The van der Waals surface area contributed by atoms with Crippen LogP contribution in [0.4, 0.5) is 46.0 Å². The summed E-state index contributed by atoms with van der Waals surface area (Å²) >= 11 is 0. The lowest BCUT2D eigenvalue weighted by atomic mass is 10.0. The van der Waals surface area contributed by atoms with Crippen LogP contribution in [0, 0.1) is 10.1 Å². The second-order valence-electron chi connectivity index (χ2n) is 18.9. The van der Waals surface area contributed by atoms with Crippen LogP contribution in [-0.4, -0.2) is 126 Å². The molecule has 0 amide bonds. The lowest BCUT2D eigenvalue weighted by molar-refractivity contribution is -0.384. The number of likely N-dealkylation sites (N-methyl/N-ethyl adjacent to an activating group) is 4. The van der Waals surface area contributed by atoms with Crippen LogP contribution < -0.4 is 35.6 Å². The van der Waals surface area contributed by atoms with Gasteiger partial charge in [-0.3, -0.25) is 10.1 Å². The Hall–Kier alpha value is -7.96. The Morgan fingerprint density at radius 2 is 1.12 bits per heavy atom. The normalized spacial score (nSPS) is 12.8. The SMILES string of the molecule is COc1cc(N(C)CCN(C)C)c(N)cc1Nc1nccc(-c2cn3c4c(cccc24)CCC3)n1.COc1cc(N(C)CCN(C)C)c([N+](=O)[O-])cc1Nc1nccc(-c2cn3c4c(cccc24)CCC3)n1. The molecule has 0 bridgehead atoms. The van der Waals surface area contributed by atoms with Crippen molar-refractivity contribution in [2.24, 2.45) is 0 Å². The molecular weight excluding hydrogens is 909 g/mol. The monoisotopic (exact) mass is 973 g/mol. The number of rotatable bonds is 17. The average molecular weight is 973 g/mol. The first kappa shape index (κ1) is 49.0. The smallest absolute Gasteiger partial charge is 0.294 e. The van der Waals surface area contributed by atoms with Crippen LogP contribution >= 0.6 is 0 Å². The van der Waals surface area contributed by atoms with E-state index in [2.05, 4.69) is 102 Å². The predicted molar refractivity (Wildman–Crippen MR) is 290 cm³/mol. The minimum atomic E-state index is -0.378. The van der Waals surface area contributed by atoms with Gasteiger partial charge in [0.1, 0.15) is 17.2 Å². The lowest BCUT2D eigenvalue weighted by Crippen LogP contribution is -2.29. The van der Waals surface area contributed by atoms with Gasteiger partial charge in [-0.15, -0.1) is 0 Å². The van der Waals surface area contributed by atoms with Gasteiger partial charge in [0.15, 0.2) is 0 Å². The van der Waals surface area contributed by atoms with Crippen LogP contribution in [0.25, 0.3) is 44.3 Å². The van der Waals surface area contributed by atoms with Gasteiger partial charge in [0, 0.05) is 118 Å². The van der Waals surface area contributed by atoms with Crippen molar-refractivity contribution in [1.29, 1.82) is 0 Å². The van der Waals surface area contributed by atoms with Gasteiger partial charge in [-0.25, -0.2) is 19.9 Å². The minimum Gasteiger partial charge on any atom is -0.494 e. The van der Waals surface area contributed by atoms with E-state index < -0.39 is 0 Å². The van der Waals surface area contributed by atoms with Crippen molar-refractivity contribution >= 4 is 67.8 Å². The van der Waals surface area contributed by atoms with Crippen LogP contribution in [0.15, 0.2) is 97.6 Å². The molecule has 2 aliphatic rings. The van der Waals surface area contributed by atoms with E-state index >= 15 is 0 Å². The highest BCUT2D eigenvalue weighted by Crippen LogP contribution is 2.41. The number of nitrogens with zero attached hydrogens (tertiary/aromatic N) is 11. The number of para-hydroxylation sites is 2. The number of aryl methyl sites for hydroxylation is 4. The second-order valence-corrected chi connectivity index (χ2v) is 18.9. The van der Waals surface area contributed by atoms with Crippen LogP contribution in [-0.2, 0) is 25.9 Å². The maximum atomic E-state index is 12.0. The number of methoxy groups -OCH3 is 2. The van der Waals surface area contributed by atoms with Gasteiger partial charge in [0.2, 0.25) is 11.9 Å². The molecule has 0 unspecified atom stereocenters. The van der Waals surface area contributed by atoms with E-state index in [0.29, 0.717) is 47.0 Å². The van der Waals surface area contributed by atoms with E-state index in [1.54, 1.807) is 32.7 Å². The topological polar surface area (TPSA) is 186 Å². The number of aromatic nitrogens is 6. The Kier molecular flexibility index (Phi) is 14.4. The third kappa shape index (κ3) is 10.3. The molecule has 4 N–H and O–H groups in total. The summed E-state index contributed by atoms with van der Waals surface area (Å²) < 4.78 is 15.9. The van der Waals surface area contributed by atoms with Crippen LogP contribution in [0.5, 0.6) is 11.5 Å². The number of anilines is 7. The van der Waals surface area contributed by atoms with Gasteiger partial charge in [-0.1, -0.05) is 36.4 Å². The number of hydrogen-bond acceptors (Lipinski definition) is 15. The van der Waals surface area contributed by atoms with E-state index in [1.165, 1.54) is 45.4 Å². The molecule has 0 aliphatic carbocycles. The molecule has 0 saturated carbocycles. The summed E-state index contributed by atoms with van der Waals surface area (Å²) in [6.45, 7) is 5.19. The van der Waals surface area contributed by atoms with Crippen LogP contribution in [0.1, 0.15) is 24.0 Å². The number of ether oxygens (including phenoxy) is 2. The molecule has 4 aromatic heterocycles. The summed E-state index contributed by atoms with van der Waals surface area (Å²) in [7, 11) is 15.1. The Balaban J connectivity index is 0.000000178. The summed E-state index contributed by atoms with van der Waals surface area (Å²) in [6, 6.07) is 23.8. The van der Waals surface area contributed by atoms with Crippen molar-refractivity contribution < 1.29 is 14.4 Å². The zero-order chi connectivity index (χ0) is 50.6. The van der Waals surface area contributed by atoms with E-state index in [1.807, 2.05) is 62.3 Å². The molecule has 4 aromatic carbocycles. The molecule has 0 atom stereocenters. The fourth-order valence-electron chi connectivity index (χ4n) is 9.70. The Bertz CT molecular complexity index is 3260. The van der Waals surface area contributed by atoms with Crippen molar-refractivity contribution in [3.63, 3.8) is 0 Å². The zero-order valence-electron chi connectivity index (χ0n) is 42.4. The molecule has 18 heteroatoms. The number of nitrogen functional groups attached to an aromatic ring is 1. The highest BCUT2D eigenvalue weighted by atomic mass is 16.6. The summed E-state index contributed by atoms with van der Waals surface area (Å²) in [4.78, 5) is 38.2. The first-order chi connectivity index (χ1) is 34.8. The van der Waals surface area contributed by atoms with Gasteiger partial charge >= 0.3 is 0 Å². The van der Waals surface area contributed by atoms with E-state index in [9.17, 15) is 10.1 Å². The minimum absolute atomic E-state index is 0.0188. The predicted octanol–water partition coefficient (Wildman–Crippen LogP) is 9.08. The Morgan fingerprint density at radius 3 is 1.60 bits per heavy atom. The van der Waals surface area contributed by atoms with Gasteiger partial charge in [0.25, 0.3) is 5.69 Å². The average Bonchev–Trinajstić information content (AvgIpc) is 3.96. The highest BCUT2D eigenvalue weighted by Gasteiger charge is 2.24. The molecule has 0 saturated heterocycles. The molecule has 8 aromatic rings. The Labute approximate surface area is 420 Å². The fourth-order valence-corrected chi connectivity index (χ4v) is 9.70. The maximum Gasteiger partial charge on any atom is 0.294 e. The summed E-state index contributed by atoms with van der Waals surface area (Å²) in [6.07, 6.45) is 12.3. The second kappa shape index (κ2) is 21.2. The summed E-state index contributed by atoms with van der Waals surface area (Å²) in [5.74, 6) is 2.00. The molecule has 10 rings (SSSR count). The van der Waals surface area contributed by atoms with Gasteiger partial charge in [0.05, 0.1) is 64.3 Å². The molecule has 0 radical (unpaired) electrons. The molecule has 374 valence electrons. The standard InChI is InChI=1S/C27H31N7O3.C27H33N7O/c1-31(2)13-14-32(3)23-16-25(37-4)22(15-24(23)34(35)36)30-27-28-11-10-21(29-27)20-17-33-12-6-8-18-7-5-9-19(20)26(18)33;1-32(2)13-14-33(3)24-16-25(35-4)23(15-21(24)28)31-27-29-11-10-22(30-27)20-17-34-12-6-8-18-7-5-9-19(20)26(18)34/h5,7,9-11,15-17H,6,8,12-14H2,1-4H3,(H,28,29,30);5,7,9-11,15-17H,6,8,12-14,28H2,1-4H3,(H,29,30,31). The number of nitrogens with two attached hydrogens (primary N) is 1. The summed E-state index contributed by atoms with van der Waals surface area (Å²) in [5, 5.41) is 20.8. The lowest BCUT2D eigenvalue weighted by Gasteiger charge is -2.24. The first-order valence-electron chi connectivity index (χ1n) is 24.3. The molecule has 6 heterocycles. The van der Waals surface area contributed by atoms with Crippen molar-refractivity contribution in [2.45, 2.75) is 38.8 Å². The van der Waals surface area contributed by atoms with Crippen LogP contribution in [0.3, 0.4) is 0 Å². The third-order valence-corrected chi connectivity index (χ3v) is 13.4. The van der Waals surface area contributed by atoms with Crippen molar-refractivity contribution in [2.75, 3.05) is 109 Å². The number of nitro benzene ring substituents is 1. The Morgan fingerprint density at radius 1 is 0.653 bits per heavy atom. The fraction of sp³-hybridized carbons (Fsp3) is 0.333. The molecule has 18 nitrogen and oxygen atoms in total. The van der Waals surface area contributed by atoms with Gasteiger partial charge in [-0.05, 0) is 83.2 Å². The molecule has 72 heavy (non-hydrogen) atoms. The zero-order valence-corrected chi connectivity index (χ0v) is 42.4. The molecule has 0 spiro atoms. The first-order valence-corrected chi connectivity index (χ1v) is 24.3. The highest BCUT2D eigenvalue weighted by molar-refractivity contribution is 5.98. The van der Waals surface area contributed by atoms with Crippen LogP contribution in [0.2, 0.25) is 0 Å². The van der Waals surface area contributed by atoms with Gasteiger partial charge in [-0.2, -0.15) is 0 Å². The number of hydrogen-bond donors (Lipinski definition) is 3. The molecular formula is C54H64N14O4. The van der Waals surface area contributed by atoms with Crippen molar-refractivity contribution in [3.05, 3.63) is 119 Å². The van der Waals surface area contributed by atoms with E-state index in [4.69, 9.17) is 25.2 Å². The van der Waals surface area contributed by atoms with Gasteiger partial charge < -0.3 is 54.6 Å². The largest absolute Gasteiger partial charge is 0.494 e. The van der Waals surface area contributed by atoms with E-state index in [0.717, 1.165) is 85.9 Å². The maximum absolute atomic E-state index is 12.0. The molecule has 0 fully saturated rings. The van der Waals surface area contributed by atoms with Crippen molar-refractivity contribution in [1.82, 2.24) is 38.9 Å². The quantitative estimate of drug-likeness (QED) is 0.0445. The van der Waals surface area contributed by atoms with Crippen molar-refractivity contribution in [3.8, 4) is 34.0 Å². The van der Waals surface area contributed by atoms with E-state index in [-0.39, 0.29) is 10.6 Å². The number of nitrogens with one attached hydrogen (secondary N) is 2. The molecule has 2 aliphatic heterocycles. The number of nitro groups is 1.